The zero-order chi connectivity index (χ0) is 13.4. The summed E-state index contributed by atoms with van der Waals surface area (Å²) < 4.78 is 1.97. The highest BCUT2D eigenvalue weighted by Gasteiger charge is 2.29. The molecule has 19 heavy (non-hydrogen) atoms. The van der Waals surface area contributed by atoms with Gasteiger partial charge in [0.15, 0.2) is 0 Å². The number of aliphatic hydroxyl groups is 1. The summed E-state index contributed by atoms with van der Waals surface area (Å²) in [6.45, 7) is 0.430. The van der Waals surface area contributed by atoms with Crippen LogP contribution in [-0.4, -0.2) is 33.6 Å². The Balaban J connectivity index is 1.82. The van der Waals surface area contributed by atoms with Crippen LogP contribution in [0.15, 0.2) is 30.5 Å². The molecule has 4 nitrogen and oxygen atoms in total. The van der Waals surface area contributed by atoms with Gasteiger partial charge in [-0.1, -0.05) is 6.07 Å². The van der Waals surface area contributed by atoms with Crippen molar-refractivity contribution in [1.29, 1.82) is 0 Å². The van der Waals surface area contributed by atoms with Gasteiger partial charge in [-0.25, -0.2) is 0 Å². The molecule has 2 aromatic rings. The van der Waals surface area contributed by atoms with Crippen molar-refractivity contribution in [3.63, 3.8) is 0 Å². The zero-order valence-corrected chi connectivity index (χ0v) is 11.0. The van der Waals surface area contributed by atoms with Gasteiger partial charge in [-0.2, -0.15) is 0 Å². The van der Waals surface area contributed by atoms with Crippen LogP contribution in [0.5, 0.6) is 0 Å². The summed E-state index contributed by atoms with van der Waals surface area (Å²) in [6.07, 6.45) is 4.20. The Kier molecular flexibility index (Phi) is 3.03. The van der Waals surface area contributed by atoms with E-state index in [1.165, 1.54) is 0 Å². The minimum atomic E-state index is 0.0461. The number of likely N-dealkylation sites (N-methyl/N-ethyl adjacent to an activating group) is 1. The number of benzene rings is 1. The molecule has 1 aromatic heterocycles. The second-order valence-corrected chi connectivity index (χ2v) is 5.23. The summed E-state index contributed by atoms with van der Waals surface area (Å²) in [6, 6.07) is 8.26. The largest absolute Gasteiger partial charge is 0.392 e. The third-order valence-corrected chi connectivity index (χ3v) is 3.81. The lowest BCUT2D eigenvalue weighted by atomic mass is 10.2. The van der Waals surface area contributed by atoms with Crippen molar-refractivity contribution in [3.8, 4) is 0 Å². The molecule has 0 aliphatic heterocycles. The molecule has 1 aliphatic carbocycles. The number of hydrogen-bond donors (Lipinski definition) is 1. The smallest absolute Gasteiger partial charge is 0.242 e. The van der Waals surface area contributed by atoms with Gasteiger partial charge >= 0.3 is 0 Å². The lowest BCUT2D eigenvalue weighted by Crippen LogP contribution is -2.31. The molecule has 0 saturated heterocycles. The maximum Gasteiger partial charge on any atom is 0.242 e. The Labute approximate surface area is 112 Å². The van der Waals surface area contributed by atoms with Gasteiger partial charge in [-0.05, 0) is 42.0 Å². The van der Waals surface area contributed by atoms with Crippen molar-refractivity contribution in [1.82, 2.24) is 9.47 Å². The van der Waals surface area contributed by atoms with E-state index in [2.05, 4.69) is 0 Å². The highest BCUT2D eigenvalue weighted by molar-refractivity contribution is 5.84. The molecule has 0 bridgehead atoms. The van der Waals surface area contributed by atoms with E-state index < -0.39 is 0 Å². The molecule has 1 amide bonds. The van der Waals surface area contributed by atoms with E-state index in [1.54, 1.807) is 0 Å². The summed E-state index contributed by atoms with van der Waals surface area (Å²) in [5, 5.41) is 10.2. The van der Waals surface area contributed by atoms with E-state index in [9.17, 15) is 4.79 Å². The number of aromatic nitrogens is 1. The van der Waals surface area contributed by atoms with Crippen LogP contribution >= 0.6 is 0 Å². The van der Waals surface area contributed by atoms with Gasteiger partial charge in [0.25, 0.3) is 0 Å². The molecule has 100 valence electrons. The number of rotatable bonds is 4. The SMILES string of the molecule is CN(C(=O)Cn1ccc2cc(CO)ccc21)C1CC1. The third-order valence-electron chi connectivity index (χ3n) is 3.81. The van der Waals surface area contributed by atoms with Crippen molar-refractivity contribution < 1.29 is 9.90 Å². The first-order chi connectivity index (χ1) is 9.19. The predicted molar refractivity (Wildman–Crippen MR) is 73.7 cm³/mol. The van der Waals surface area contributed by atoms with Gasteiger partial charge in [-0.3, -0.25) is 4.79 Å². The van der Waals surface area contributed by atoms with Crippen LogP contribution in [0, 0.1) is 0 Å². The summed E-state index contributed by atoms with van der Waals surface area (Å²) in [5.41, 5.74) is 1.93. The molecule has 1 aliphatic rings. The number of carbonyl (C=O) groups excluding carboxylic acids is 1. The summed E-state index contributed by atoms with van der Waals surface area (Å²) >= 11 is 0. The first kappa shape index (κ1) is 12.2. The second-order valence-electron chi connectivity index (χ2n) is 5.23. The minimum absolute atomic E-state index is 0.0461. The van der Waals surface area contributed by atoms with Crippen molar-refractivity contribution in [3.05, 3.63) is 36.0 Å². The number of aliphatic hydroxyl groups excluding tert-OH is 1. The van der Waals surface area contributed by atoms with Gasteiger partial charge in [0, 0.05) is 24.8 Å². The zero-order valence-electron chi connectivity index (χ0n) is 11.0. The standard InChI is InChI=1S/C15H18N2O2/c1-16(13-3-4-13)15(19)9-17-7-6-12-8-11(10-18)2-5-14(12)17/h2,5-8,13,18H,3-4,9-10H2,1H3. The average molecular weight is 258 g/mol. The molecule has 0 radical (unpaired) electrons. The first-order valence-corrected chi connectivity index (χ1v) is 6.63. The monoisotopic (exact) mass is 258 g/mol. The number of hydrogen-bond acceptors (Lipinski definition) is 2. The van der Waals surface area contributed by atoms with E-state index in [4.69, 9.17) is 5.11 Å². The molecule has 3 rings (SSSR count). The van der Waals surface area contributed by atoms with Crippen LogP contribution in [0.1, 0.15) is 18.4 Å². The Morgan fingerprint density at radius 2 is 2.21 bits per heavy atom. The van der Waals surface area contributed by atoms with Crippen molar-refractivity contribution in [2.24, 2.45) is 0 Å². The fourth-order valence-corrected chi connectivity index (χ4v) is 2.41. The van der Waals surface area contributed by atoms with Crippen LogP contribution in [0.2, 0.25) is 0 Å². The molecule has 0 spiro atoms. The molecule has 1 fully saturated rings. The van der Waals surface area contributed by atoms with Crippen LogP contribution in [0.3, 0.4) is 0 Å². The number of nitrogens with zero attached hydrogens (tertiary/aromatic N) is 2. The Bertz CT molecular complexity index is 614. The van der Waals surface area contributed by atoms with Crippen molar-refractivity contribution >= 4 is 16.8 Å². The van der Waals surface area contributed by atoms with Crippen LogP contribution in [0.4, 0.5) is 0 Å². The Morgan fingerprint density at radius 3 is 2.89 bits per heavy atom. The average Bonchev–Trinajstić information content (AvgIpc) is 3.20. The van der Waals surface area contributed by atoms with E-state index in [0.717, 1.165) is 29.3 Å². The van der Waals surface area contributed by atoms with Gasteiger partial charge in [0.05, 0.1) is 6.61 Å². The van der Waals surface area contributed by atoms with Gasteiger partial charge in [0.1, 0.15) is 6.54 Å². The molecule has 1 aromatic carbocycles. The quantitative estimate of drug-likeness (QED) is 0.908. The lowest BCUT2D eigenvalue weighted by Gasteiger charge is -2.17. The molecule has 1 heterocycles. The molecule has 1 saturated carbocycles. The third kappa shape index (κ3) is 2.36. The lowest BCUT2D eigenvalue weighted by molar-refractivity contribution is -0.130. The van der Waals surface area contributed by atoms with Gasteiger partial charge in [-0.15, -0.1) is 0 Å². The number of amides is 1. The Morgan fingerprint density at radius 1 is 1.42 bits per heavy atom. The molecular formula is C15H18N2O2. The number of carbonyl (C=O) groups is 1. The van der Waals surface area contributed by atoms with E-state index in [-0.39, 0.29) is 12.5 Å². The summed E-state index contributed by atoms with van der Waals surface area (Å²) in [7, 11) is 1.88. The predicted octanol–water partition coefficient (Wildman–Crippen LogP) is 1.75. The molecule has 0 atom stereocenters. The fraction of sp³-hybridized carbons (Fsp3) is 0.400. The molecule has 4 heteroatoms. The van der Waals surface area contributed by atoms with Crippen LogP contribution in [0.25, 0.3) is 10.9 Å². The van der Waals surface area contributed by atoms with Crippen molar-refractivity contribution in [2.45, 2.75) is 32.0 Å². The normalized spacial score (nSPS) is 14.8. The maximum atomic E-state index is 12.1. The van der Waals surface area contributed by atoms with E-state index >= 15 is 0 Å². The molecule has 0 unspecified atom stereocenters. The van der Waals surface area contributed by atoms with Gasteiger partial charge < -0.3 is 14.6 Å². The van der Waals surface area contributed by atoms with E-state index in [1.807, 2.05) is 47.0 Å². The summed E-state index contributed by atoms with van der Waals surface area (Å²) in [4.78, 5) is 14.0. The highest BCUT2D eigenvalue weighted by Crippen LogP contribution is 2.26. The maximum absolute atomic E-state index is 12.1. The van der Waals surface area contributed by atoms with Crippen molar-refractivity contribution in [2.75, 3.05) is 7.05 Å². The first-order valence-electron chi connectivity index (χ1n) is 6.63. The second kappa shape index (κ2) is 4.70. The number of fused-ring (bicyclic) bond motifs is 1. The van der Waals surface area contributed by atoms with Crippen LogP contribution < -0.4 is 0 Å². The van der Waals surface area contributed by atoms with Gasteiger partial charge in [0.2, 0.25) is 5.91 Å². The fourth-order valence-electron chi connectivity index (χ4n) is 2.41. The molecule has 1 N–H and O–H groups in total. The summed E-state index contributed by atoms with van der Waals surface area (Å²) in [5.74, 6) is 0.159. The molecular weight excluding hydrogens is 240 g/mol. The highest BCUT2D eigenvalue weighted by atomic mass is 16.3. The topological polar surface area (TPSA) is 45.5 Å². The minimum Gasteiger partial charge on any atom is -0.392 e. The van der Waals surface area contributed by atoms with Crippen LogP contribution in [-0.2, 0) is 17.9 Å². The Hall–Kier alpha value is -1.81. The van der Waals surface area contributed by atoms with E-state index in [0.29, 0.717) is 12.6 Å².